The van der Waals surface area contributed by atoms with Gasteiger partial charge in [0.2, 0.25) is 0 Å². The highest BCUT2D eigenvalue weighted by Gasteiger charge is 2.24. The second-order valence-corrected chi connectivity index (χ2v) is 5.16. The molecule has 1 rings (SSSR count). The van der Waals surface area contributed by atoms with Gasteiger partial charge in [-0.05, 0) is 24.3 Å². The zero-order valence-electron chi connectivity index (χ0n) is 8.07. The lowest BCUT2D eigenvalue weighted by molar-refractivity contribution is -0.145. The fourth-order valence-corrected chi connectivity index (χ4v) is 2.33. The topological polar surface area (TPSA) is 112 Å². The van der Waals surface area contributed by atoms with Crippen LogP contribution in [-0.4, -0.2) is 41.6 Å². The normalized spacial score (nSPS) is 13.3. The Morgan fingerprint density at radius 3 is 2.19 bits per heavy atom. The number of sulfone groups is 1. The summed E-state index contributed by atoms with van der Waals surface area (Å²) < 4.78 is 23.1. The number of aliphatic carboxylic acids is 1. The molecule has 1 unspecified atom stereocenters. The van der Waals surface area contributed by atoms with Gasteiger partial charge >= 0.3 is 5.97 Å². The van der Waals surface area contributed by atoms with Gasteiger partial charge < -0.3 is 15.3 Å². The molecule has 0 fully saturated rings. The molecule has 0 radical (unpaired) electrons. The van der Waals surface area contributed by atoms with E-state index in [2.05, 4.69) is 0 Å². The van der Waals surface area contributed by atoms with Gasteiger partial charge in [0.15, 0.2) is 15.9 Å². The lowest BCUT2D eigenvalue weighted by Gasteiger charge is -2.07. The van der Waals surface area contributed by atoms with Gasteiger partial charge in [-0.15, -0.1) is 0 Å². The van der Waals surface area contributed by atoms with E-state index in [1.165, 1.54) is 12.1 Å². The van der Waals surface area contributed by atoms with Crippen molar-refractivity contribution in [2.75, 3.05) is 5.75 Å². The van der Waals surface area contributed by atoms with E-state index in [0.717, 1.165) is 12.1 Å². The second kappa shape index (κ2) is 4.50. The van der Waals surface area contributed by atoms with Gasteiger partial charge in [0.05, 0.1) is 10.6 Å². The summed E-state index contributed by atoms with van der Waals surface area (Å²) in [4.78, 5) is 10.2. The Morgan fingerprint density at radius 2 is 1.75 bits per heavy atom. The van der Waals surface area contributed by atoms with Crippen molar-refractivity contribution in [3.8, 4) is 5.75 Å². The highest BCUT2D eigenvalue weighted by molar-refractivity contribution is 7.91. The molecular formula is C9H10O6S. The van der Waals surface area contributed by atoms with E-state index in [1.807, 2.05) is 0 Å². The molecule has 0 spiro atoms. The van der Waals surface area contributed by atoms with Crippen LogP contribution in [0.3, 0.4) is 0 Å². The number of hydrogen-bond acceptors (Lipinski definition) is 5. The van der Waals surface area contributed by atoms with Crippen molar-refractivity contribution in [3.63, 3.8) is 0 Å². The third-order valence-corrected chi connectivity index (χ3v) is 3.60. The fourth-order valence-electron chi connectivity index (χ4n) is 1.03. The molecule has 0 saturated heterocycles. The van der Waals surface area contributed by atoms with Crippen molar-refractivity contribution >= 4 is 15.8 Å². The third-order valence-electron chi connectivity index (χ3n) is 1.86. The maximum Gasteiger partial charge on any atom is 0.333 e. The number of phenolic OH excluding ortho intramolecular Hbond substituents is 1. The first-order chi connectivity index (χ1) is 7.33. The molecule has 0 heterocycles. The van der Waals surface area contributed by atoms with Crippen LogP contribution in [0.15, 0.2) is 29.2 Å². The first-order valence-corrected chi connectivity index (χ1v) is 5.91. The second-order valence-electron chi connectivity index (χ2n) is 3.13. The molecule has 7 heteroatoms. The molecule has 16 heavy (non-hydrogen) atoms. The molecule has 1 aromatic rings. The van der Waals surface area contributed by atoms with E-state index in [-0.39, 0.29) is 10.6 Å². The predicted octanol–water partition coefficient (Wildman–Crippen LogP) is -0.389. The van der Waals surface area contributed by atoms with Gasteiger partial charge in [-0.1, -0.05) is 0 Å². The molecule has 0 bridgehead atoms. The summed E-state index contributed by atoms with van der Waals surface area (Å²) in [5, 5.41) is 26.3. The molecule has 1 atom stereocenters. The molecule has 6 nitrogen and oxygen atoms in total. The van der Waals surface area contributed by atoms with E-state index in [4.69, 9.17) is 15.3 Å². The number of benzene rings is 1. The van der Waals surface area contributed by atoms with Crippen LogP contribution in [0.5, 0.6) is 5.75 Å². The molecule has 0 amide bonds. The molecule has 88 valence electrons. The van der Waals surface area contributed by atoms with Gasteiger partial charge in [-0.2, -0.15) is 0 Å². The molecule has 0 aromatic heterocycles. The van der Waals surface area contributed by atoms with Gasteiger partial charge in [0, 0.05) is 0 Å². The summed E-state index contributed by atoms with van der Waals surface area (Å²) >= 11 is 0. The van der Waals surface area contributed by atoms with Crippen LogP contribution in [0, 0.1) is 0 Å². The summed E-state index contributed by atoms with van der Waals surface area (Å²) in [6, 6.07) is 4.61. The molecule has 0 saturated carbocycles. The Labute approximate surface area is 91.7 Å². The van der Waals surface area contributed by atoms with Crippen molar-refractivity contribution in [1.82, 2.24) is 0 Å². The fraction of sp³-hybridized carbons (Fsp3) is 0.222. The minimum Gasteiger partial charge on any atom is -0.508 e. The van der Waals surface area contributed by atoms with E-state index in [1.54, 1.807) is 0 Å². The minimum atomic E-state index is -3.86. The molecule has 0 aliphatic rings. The van der Waals surface area contributed by atoms with Crippen LogP contribution < -0.4 is 0 Å². The van der Waals surface area contributed by atoms with Crippen LogP contribution in [0.4, 0.5) is 0 Å². The Bertz CT molecular complexity index is 475. The summed E-state index contributed by atoms with van der Waals surface area (Å²) in [6.45, 7) is 0. The highest BCUT2D eigenvalue weighted by atomic mass is 32.2. The SMILES string of the molecule is O=C(O)C(O)CS(=O)(=O)c1ccc(O)cc1. The van der Waals surface area contributed by atoms with E-state index in [9.17, 15) is 13.2 Å². The highest BCUT2D eigenvalue weighted by Crippen LogP contribution is 2.16. The van der Waals surface area contributed by atoms with Gasteiger partial charge in [0.1, 0.15) is 5.75 Å². The summed E-state index contributed by atoms with van der Waals surface area (Å²) in [7, 11) is -3.86. The smallest absolute Gasteiger partial charge is 0.333 e. The average Bonchev–Trinajstić information content (AvgIpc) is 2.17. The van der Waals surface area contributed by atoms with Crippen molar-refractivity contribution < 1.29 is 28.5 Å². The lowest BCUT2D eigenvalue weighted by Crippen LogP contribution is -2.28. The first kappa shape index (κ1) is 12.5. The summed E-state index contributed by atoms with van der Waals surface area (Å²) in [6.07, 6.45) is -1.96. The number of carboxylic acids is 1. The number of hydrogen-bond donors (Lipinski definition) is 3. The number of aliphatic hydroxyl groups excluding tert-OH is 1. The molecule has 0 aliphatic carbocycles. The summed E-state index contributed by atoms with van der Waals surface area (Å²) in [5.74, 6) is -2.59. The van der Waals surface area contributed by atoms with Crippen LogP contribution >= 0.6 is 0 Å². The summed E-state index contributed by atoms with van der Waals surface area (Å²) in [5.41, 5.74) is 0. The maximum absolute atomic E-state index is 11.6. The first-order valence-electron chi connectivity index (χ1n) is 4.25. The standard InChI is InChI=1S/C9H10O6S/c10-6-1-3-7(4-2-6)16(14,15)5-8(11)9(12)13/h1-4,8,10-11H,5H2,(H,12,13). The van der Waals surface area contributed by atoms with Crippen molar-refractivity contribution in [3.05, 3.63) is 24.3 Å². The third kappa shape index (κ3) is 2.94. The van der Waals surface area contributed by atoms with E-state index < -0.39 is 27.7 Å². The van der Waals surface area contributed by atoms with Gasteiger partial charge in [0.25, 0.3) is 0 Å². The number of rotatable bonds is 4. The largest absolute Gasteiger partial charge is 0.508 e. The maximum atomic E-state index is 11.6. The zero-order valence-corrected chi connectivity index (χ0v) is 8.88. The molecular weight excluding hydrogens is 236 g/mol. The average molecular weight is 246 g/mol. The van der Waals surface area contributed by atoms with Crippen molar-refractivity contribution in [1.29, 1.82) is 0 Å². The number of carboxylic acid groups (broad SMARTS) is 1. The van der Waals surface area contributed by atoms with Gasteiger partial charge in [-0.3, -0.25) is 0 Å². The lowest BCUT2D eigenvalue weighted by atomic mass is 10.3. The number of phenols is 1. The van der Waals surface area contributed by atoms with Crippen LogP contribution in [0.1, 0.15) is 0 Å². The quantitative estimate of drug-likeness (QED) is 0.667. The van der Waals surface area contributed by atoms with E-state index >= 15 is 0 Å². The molecule has 0 aliphatic heterocycles. The molecule has 3 N–H and O–H groups in total. The van der Waals surface area contributed by atoms with Crippen molar-refractivity contribution in [2.24, 2.45) is 0 Å². The number of aliphatic hydroxyl groups is 1. The Kier molecular flexibility index (Phi) is 3.51. The number of carbonyl (C=O) groups is 1. The van der Waals surface area contributed by atoms with Crippen molar-refractivity contribution in [2.45, 2.75) is 11.0 Å². The van der Waals surface area contributed by atoms with E-state index in [0.29, 0.717) is 0 Å². The van der Waals surface area contributed by atoms with Crippen LogP contribution in [0.25, 0.3) is 0 Å². The Balaban J connectivity index is 2.94. The predicted molar refractivity (Wildman–Crippen MR) is 53.8 cm³/mol. The Morgan fingerprint density at radius 1 is 1.25 bits per heavy atom. The minimum absolute atomic E-state index is 0.0993. The zero-order chi connectivity index (χ0) is 12.3. The molecule has 1 aromatic carbocycles. The number of aromatic hydroxyl groups is 1. The monoisotopic (exact) mass is 246 g/mol. The van der Waals surface area contributed by atoms with Crippen LogP contribution in [0.2, 0.25) is 0 Å². The van der Waals surface area contributed by atoms with Gasteiger partial charge in [-0.25, -0.2) is 13.2 Å². The Hall–Kier alpha value is -1.60. The van der Waals surface area contributed by atoms with Crippen LogP contribution in [-0.2, 0) is 14.6 Å².